The molecule has 1 N–H and O–H groups in total. The molecule has 0 amide bonds. The lowest BCUT2D eigenvalue weighted by Gasteiger charge is -2.66. The van der Waals surface area contributed by atoms with Gasteiger partial charge in [-0.15, -0.1) is 0 Å². The van der Waals surface area contributed by atoms with Crippen molar-refractivity contribution in [2.45, 2.75) is 106 Å². The molecular formula is C31H44O6. The second kappa shape index (κ2) is 9.50. The van der Waals surface area contributed by atoms with Gasteiger partial charge in [0, 0.05) is 37.2 Å². The summed E-state index contributed by atoms with van der Waals surface area (Å²) in [7, 11) is 0. The Morgan fingerprint density at radius 1 is 1.05 bits per heavy atom. The molecule has 204 valence electrons. The van der Waals surface area contributed by atoms with Crippen molar-refractivity contribution in [2.24, 2.45) is 39.9 Å². The molecule has 4 aliphatic carbocycles. The highest BCUT2D eigenvalue weighted by Crippen LogP contribution is 2.73. The Bertz CT molecular complexity index is 1080. The van der Waals surface area contributed by atoms with E-state index >= 15 is 0 Å². The highest BCUT2D eigenvalue weighted by Gasteiger charge is 2.71. The minimum absolute atomic E-state index is 0.0388. The Morgan fingerprint density at radius 2 is 1.73 bits per heavy atom. The zero-order valence-corrected chi connectivity index (χ0v) is 23.6. The van der Waals surface area contributed by atoms with Gasteiger partial charge in [0.15, 0.2) is 0 Å². The monoisotopic (exact) mass is 512 g/mol. The van der Waals surface area contributed by atoms with Crippen LogP contribution in [0.3, 0.4) is 0 Å². The fourth-order valence-electron chi connectivity index (χ4n) is 9.29. The standard InChI is InChI=1S/C31H44O6/c1-17(2)9-8-10-20(28(35)36)26-22-15-24(34)27-29(5)13-12-23(33)18(3)21(29)11-14-30(27,6)31(22,7)16-25(26)37-19(4)32/h9,18,21-22,25,27H,8,10-16H2,1-7H3,(H,35,36)/t18?,21-,22-,25?,27+,29-,30-,31-/m0/s1. The Labute approximate surface area is 221 Å². The molecule has 0 radical (unpaired) electrons. The number of aliphatic carboxylic acids is 1. The topological polar surface area (TPSA) is 97.7 Å². The molecule has 0 bridgehead atoms. The number of fused-ring (bicyclic) bond motifs is 5. The van der Waals surface area contributed by atoms with Crippen LogP contribution in [0.5, 0.6) is 0 Å². The summed E-state index contributed by atoms with van der Waals surface area (Å²) in [6, 6.07) is 0. The molecule has 0 saturated heterocycles. The Kier molecular flexibility index (Phi) is 7.13. The number of hydrogen-bond donors (Lipinski definition) is 1. The molecule has 4 fully saturated rings. The smallest absolute Gasteiger partial charge is 0.331 e. The van der Waals surface area contributed by atoms with Gasteiger partial charge in [0.05, 0.1) is 0 Å². The highest BCUT2D eigenvalue weighted by atomic mass is 16.5. The molecule has 6 heteroatoms. The molecule has 8 atom stereocenters. The summed E-state index contributed by atoms with van der Waals surface area (Å²) < 4.78 is 5.83. The van der Waals surface area contributed by atoms with Crippen molar-refractivity contribution in [2.75, 3.05) is 0 Å². The van der Waals surface area contributed by atoms with Gasteiger partial charge in [-0.2, -0.15) is 0 Å². The summed E-state index contributed by atoms with van der Waals surface area (Å²) in [4.78, 5) is 51.5. The number of Topliss-reactive ketones (excluding diaryl/α,β-unsaturated/α-hetero) is 2. The highest BCUT2D eigenvalue weighted by molar-refractivity contribution is 5.90. The van der Waals surface area contributed by atoms with E-state index in [0.29, 0.717) is 42.6 Å². The molecule has 0 spiro atoms. The number of carbonyl (C=O) groups excluding carboxylic acids is 3. The number of carboxylic acid groups (broad SMARTS) is 1. The van der Waals surface area contributed by atoms with Crippen LogP contribution in [0.4, 0.5) is 0 Å². The maximum Gasteiger partial charge on any atom is 0.331 e. The second-order valence-corrected chi connectivity index (χ2v) is 13.3. The van der Waals surface area contributed by atoms with E-state index in [2.05, 4.69) is 20.8 Å². The van der Waals surface area contributed by atoms with E-state index in [1.54, 1.807) is 0 Å². The van der Waals surface area contributed by atoms with Gasteiger partial charge >= 0.3 is 11.9 Å². The molecule has 2 unspecified atom stereocenters. The fourth-order valence-corrected chi connectivity index (χ4v) is 9.29. The fraction of sp³-hybridized carbons (Fsp3) is 0.742. The van der Waals surface area contributed by atoms with Gasteiger partial charge in [-0.3, -0.25) is 14.4 Å². The first kappa shape index (κ1) is 27.8. The van der Waals surface area contributed by atoms with Crippen LogP contribution in [0.1, 0.15) is 99.8 Å². The number of carbonyl (C=O) groups is 4. The van der Waals surface area contributed by atoms with Crippen LogP contribution in [-0.2, 0) is 23.9 Å². The largest absolute Gasteiger partial charge is 0.478 e. The number of allylic oxidation sites excluding steroid dienone is 2. The van der Waals surface area contributed by atoms with Gasteiger partial charge < -0.3 is 9.84 Å². The van der Waals surface area contributed by atoms with Crippen LogP contribution < -0.4 is 0 Å². The summed E-state index contributed by atoms with van der Waals surface area (Å²) in [6.45, 7) is 14.0. The van der Waals surface area contributed by atoms with E-state index in [4.69, 9.17) is 4.74 Å². The molecule has 0 heterocycles. The molecule has 37 heavy (non-hydrogen) atoms. The first-order chi connectivity index (χ1) is 17.2. The maximum atomic E-state index is 14.2. The van der Waals surface area contributed by atoms with Crippen molar-refractivity contribution in [3.63, 3.8) is 0 Å². The van der Waals surface area contributed by atoms with Crippen molar-refractivity contribution < 1.29 is 29.0 Å². The normalized spacial score (nSPS) is 42.3. The van der Waals surface area contributed by atoms with E-state index < -0.39 is 23.5 Å². The van der Waals surface area contributed by atoms with Crippen molar-refractivity contribution in [1.82, 2.24) is 0 Å². The minimum Gasteiger partial charge on any atom is -0.478 e. The van der Waals surface area contributed by atoms with Crippen LogP contribution in [0, 0.1) is 39.9 Å². The summed E-state index contributed by atoms with van der Waals surface area (Å²) >= 11 is 0. The van der Waals surface area contributed by atoms with Crippen LogP contribution in [0.25, 0.3) is 0 Å². The quantitative estimate of drug-likeness (QED) is 0.272. The molecule has 4 aliphatic rings. The summed E-state index contributed by atoms with van der Waals surface area (Å²) in [5.74, 6) is -1.23. The van der Waals surface area contributed by atoms with E-state index in [-0.39, 0.29) is 46.7 Å². The van der Waals surface area contributed by atoms with Crippen LogP contribution in [0.15, 0.2) is 22.8 Å². The number of rotatable bonds is 5. The lowest BCUT2D eigenvalue weighted by molar-refractivity contribution is -0.191. The third-order valence-corrected chi connectivity index (χ3v) is 11.1. The van der Waals surface area contributed by atoms with E-state index in [1.807, 2.05) is 26.8 Å². The number of carboxylic acids is 1. The number of esters is 1. The van der Waals surface area contributed by atoms with E-state index in [1.165, 1.54) is 6.92 Å². The molecule has 0 aromatic rings. The first-order valence-electron chi connectivity index (χ1n) is 14.0. The number of ether oxygens (including phenoxy) is 1. The molecular weight excluding hydrogens is 468 g/mol. The zero-order chi connectivity index (χ0) is 27.5. The zero-order valence-electron chi connectivity index (χ0n) is 23.6. The van der Waals surface area contributed by atoms with Gasteiger partial charge in [-0.25, -0.2) is 4.79 Å². The van der Waals surface area contributed by atoms with Crippen molar-refractivity contribution in [3.8, 4) is 0 Å². The summed E-state index contributed by atoms with van der Waals surface area (Å²) in [5.41, 5.74) is 1.05. The first-order valence-corrected chi connectivity index (χ1v) is 14.0. The molecule has 0 aromatic carbocycles. The van der Waals surface area contributed by atoms with Crippen LogP contribution >= 0.6 is 0 Å². The molecule has 4 saturated carbocycles. The molecule has 0 aromatic heterocycles. The van der Waals surface area contributed by atoms with E-state index in [0.717, 1.165) is 24.8 Å². The van der Waals surface area contributed by atoms with Gasteiger partial charge in [0.25, 0.3) is 0 Å². The Balaban J connectivity index is 1.83. The van der Waals surface area contributed by atoms with Crippen molar-refractivity contribution in [1.29, 1.82) is 0 Å². The lowest BCUT2D eigenvalue weighted by Crippen LogP contribution is -2.64. The second-order valence-electron chi connectivity index (χ2n) is 13.3. The van der Waals surface area contributed by atoms with Crippen molar-refractivity contribution in [3.05, 3.63) is 22.8 Å². The Hall–Kier alpha value is -2.24. The Morgan fingerprint density at radius 3 is 2.32 bits per heavy atom. The third-order valence-electron chi connectivity index (χ3n) is 11.1. The van der Waals surface area contributed by atoms with Gasteiger partial charge in [0.2, 0.25) is 0 Å². The average Bonchev–Trinajstić information content (AvgIpc) is 3.05. The van der Waals surface area contributed by atoms with Crippen LogP contribution in [0.2, 0.25) is 0 Å². The number of hydrogen-bond acceptors (Lipinski definition) is 5. The molecule has 6 nitrogen and oxygen atoms in total. The predicted octanol–water partition coefficient (Wildman–Crippen LogP) is 6.08. The molecule has 4 rings (SSSR count). The third kappa shape index (κ3) is 4.23. The minimum atomic E-state index is -0.992. The average molecular weight is 513 g/mol. The lowest BCUT2D eigenvalue weighted by atomic mass is 9.37. The van der Waals surface area contributed by atoms with Gasteiger partial charge in [-0.05, 0) is 86.0 Å². The van der Waals surface area contributed by atoms with Gasteiger partial charge in [-0.1, -0.05) is 39.3 Å². The predicted molar refractivity (Wildman–Crippen MR) is 141 cm³/mol. The SMILES string of the molecule is CC(=O)OC1C[C@@]2(C)[C@@H](CC(=O)[C@@H]3[C@@]4(C)CCC(=O)C(C)[C@@H]4CC[C@@]32C)C1=C(CCC=C(C)C)C(=O)O. The van der Waals surface area contributed by atoms with E-state index in [9.17, 15) is 24.3 Å². The van der Waals surface area contributed by atoms with Gasteiger partial charge in [0.1, 0.15) is 17.7 Å². The van der Waals surface area contributed by atoms with Crippen LogP contribution in [-0.4, -0.2) is 34.7 Å². The maximum absolute atomic E-state index is 14.2. The summed E-state index contributed by atoms with van der Waals surface area (Å²) in [5, 5.41) is 10.3. The molecule has 0 aliphatic heterocycles. The van der Waals surface area contributed by atoms with Crippen molar-refractivity contribution >= 4 is 23.5 Å². The summed E-state index contributed by atoms with van der Waals surface area (Å²) in [6.07, 6.45) is 6.06. The number of ketones is 2.